The van der Waals surface area contributed by atoms with Crippen molar-refractivity contribution >= 4 is 5.95 Å². The first-order valence-electron chi connectivity index (χ1n) is 5.24. The average molecular weight is 212 g/mol. The van der Waals surface area contributed by atoms with E-state index >= 15 is 0 Å². The number of fused-ring (bicyclic) bond motifs is 1. The third-order valence-corrected chi connectivity index (χ3v) is 2.69. The van der Waals surface area contributed by atoms with E-state index in [0.29, 0.717) is 0 Å². The first-order chi connectivity index (χ1) is 7.84. The van der Waals surface area contributed by atoms with Crippen LogP contribution in [0.25, 0.3) is 0 Å². The predicted molar refractivity (Wildman–Crippen MR) is 62.0 cm³/mol. The van der Waals surface area contributed by atoms with Crippen molar-refractivity contribution in [3.63, 3.8) is 0 Å². The molecule has 1 aliphatic heterocycles. The van der Waals surface area contributed by atoms with Gasteiger partial charge in [-0.15, -0.1) is 0 Å². The van der Waals surface area contributed by atoms with Crippen molar-refractivity contribution in [3.8, 4) is 0 Å². The van der Waals surface area contributed by atoms with Gasteiger partial charge in [-0.05, 0) is 18.6 Å². The fourth-order valence-corrected chi connectivity index (χ4v) is 1.96. The molecule has 1 N–H and O–H groups in total. The minimum atomic E-state index is 0.139. The van der Waals surface area contributed by atoms with Crippen molar-refractivity contribution in [2.24, 2.45) is 0 Å². The highest BCUT2D eigenvalue weighted by molar-refractivity contribution is 5.41. The molecular weight excluding hydrogens is 200 g/mol. The second-order valence-electron chi connectivity index (χ2n) is 3.86. The number of hydrogen-bond donors (Lipinski definition) is 1. The number of benzene rings is 1. The van der Waals surface area contributed by atoms with Crippen LogP contribution in [-0.2, 0) is 0 Å². The van der Waals surface area contributed by atoms with E-state index in [4.69, 9.17) is 0 Å². The second kappa shape index (κ2) is 3.48. The fraction of sp³-hybridized carbons (Fsp3) is 0.167. The molecule has 1 aromatic heterocycles. The summed E-state index contributed by atoms with van der Waals surface area (Å²) in [5.41, 5.74) is 2.32. The van der Waals surface area contributed by atoms with Crippen molar-refractivity contribution in [1.82, 2.24) is 14.8 Å². The van der Waals surface area contributed by atoms with Crippen LogP contribution in [0.3, 0.4) is 0 Å². The molecule has 0 amide bonds. The lowest BCUT2D eigenvalue weighted by atomic mass is 10.1. The molecule has 4 nitrogen and oxygen atoms in total. The van der Waals surface area contributed by atoms with E-state index in [0.717, 1.165) is 11.6 Å². The van der Waals surface area contributed by atoms with E-state index in [9.17, 15) is 0 Å². The summed E-state index contributed by atoms with van der Waals surface area (Å²) in [5.74, 6) is 0.800. The molecule has 4 heteroatoms. The van der Waals surface area contributed by atoms with Crippen LogP contribution in [0, 0.1) is 0 Å². The molecule has 0 saturated carbocycles. The molecule has 0 bridgehead atoms. The fourth-order valence-electron chi connectivity index (χ4n) is 1.96. The van der Waals surface area contributed by atoms with E-state index in [1.807, 2.05) is 29.8 Å². The van der Waals surface area contributed by atoms with Gasteiger partial charge in [0.05, 0.1) is 0 Å². The summed E-state index contributed by atoms with van der Waals surface area (Å²) in [6.45, 7) is 2.04. The summed E-state index contributed by atoms with van der Waals surface area (Å²) in [6, 6.07) is 10.4. The standard InChI is InChI=1S/C12H12N4/c1-9-7-11(10-5-3-2-4-6-10)16-12(15-9)13-8-14-16/h2-8,11H,1H3,(H,13,14,15)/t11-/m0/s1. The summed E-state index contributed by atoms with van der Waals surface area (Å²) < 4.78 is 1.89. The topological polar surface area (TPSA) is 42.7 Å². The maximum Gasteiger partial charge on any atom is 0.226 e. The molecule has 0 fully saturated rings. The van der Waals surface area contributed by atoms with Crippen LogP contribution in [0.1, 0.15) is 18.5 Å². The average Bonchev–Trinajstić information content (AvgIpc) is 2.77. The van der Waals surface area contributed by atoms with Crippen molar-refractivity contribution < 1.29 is 0 Å². The summed E-state index contributed by atoms with van der Waals surface area (Å²) in [6.07, 6.45) is 3.72. The molecule has 80 valence electrons. The van der Waals surface area contributed by atoms with Crippen molar-refractivity contribution in [2.75, 3.05) is 5.32 Å². The maximum absolute atomic E-state index is 4.25. The molecule has 0 radical (unpaired) electrons. The molecule has 2 aromatic rings. The molecule has 1 atom stereocenters. The quantitative estimate of drug-likeness (QED) is 0.788. The van der Waals surface area contributed by atoms with Crippen LogP contribution >= 0.6 is 0 Å². The maximum atomic E-state index is 4.25. The van der Waals surface area contributed by atoms with Gasteiger partial charge in [0.1, 0.15) is 12.4 Å². The number of allylic oxidation sites excluding steroid dienone is 2. The molecule has 3 rings (SSSR count). The van der Waals surface area contributed by atoms with Gasteiger partial charge >= 0.3 is 0 Å². The number of nitrogens with one attached hydrogen (secondary N) is 1. The van der Waals surface area contributed by atoms with Crippen LogP contribution in [0.2, 0.25) is 0 Å². The number of anilines is 1. The normalized spacial score (nSPS) is 18.6. The molecule has 1 aromatic carbocycles. The Morgan fingerprint density at radius 3 is 2.88 bits per heavy atom. The first-order valence-corrected chi connectivity index (χ1v) is 5.24. The number of hydrogen-bond acceptors (Lipinski definition) is 3. The Morgan fingerprint density at radius 1 is 1.25 bits per heavy atom. The smallest absolute Gasteiger partial charge is 0.226 e. The van der Waals surface area contributed by atoms with E-state index in [1.54, 1.807) is 6.33 Å². The molecule has 16 heavy (non-hydrogen) atoms. The number of rotatable bonds is 1. The zero-order valence-electron chi connectivity index (χ0n) is 8.96. The zero-order chi connectivity index (χ0) is 11.0. The first kappa shape index (κ1) is 9.15. The highest BCUT2D eigenvalue weighted by Gasteiger charge is 2.20. The lowest BCUT2D eigenvalue weighted by Gasteiger charge is -2.22. The molecule has 0 saturated heterocycles. The largest absolute Gasteiger partial charge is 0.329 e. The van der Waals surface area contributed by atoms with Crippen LogP contribution in [0.4, 0.5) is 5.95 Å². The zero-order valence-corrected chi connectivity index (χ0v) is 8.96. The Bertz CT molecular complexity index is 527. The monoisotopic (exact) mass is 212 g/mol. The highest BCUT2D eigenvalue weighted by Crippen LogP contribution is 2.27. The number of nitrogens with zero attached hydrogens (tertiary/aromatic N) is 3. The van der Waals surface area contributed by atoms with Gasteiger partial charge in [0.25, 0.3) is 0 Å². The lowest BCUT2D eigenvalue weighted by molar-refractivity contribution is 0.603. The van der Waals surface area contributed by atoms with Crippen molar-refractivity contribution in [1.29, 1.82) is 0 Å². The Hall–Kier alpha value is -2.10. The molecule has 0 unspecified atom stereocenters. The van der Waals surface area contributed by atoms with Gasteiger partial charge in [-0.1, -0.05) is 30.3 Å². The Balaban J connectivity index is 2.10. The van der Waals surface area contributed by atoms with E-state index in [1.165, 1.54) is 5.56 Å². The van der Waals surface area contributed by atoms with Gasteiger partial charge in [-0.3, -0.25) is 0 Å². The Kier molecular flexibility index (Phi) is 1.99. The van der Waals surface area contributed by atoms with Gasteiger partial charge in [-0.25, -0.2) is 4.68 Å². The molecule has 0 spiro atoms. The summed E-state index contributed by atoms with van der Waals surface area (Å²) in [5, 5.41) is 7.44. The van der Waals surface area contributed by atoms with Gasteiger partial charge in [0.15, 0.2) is 0 Å². The molecule has 0 aliphatic carbocycles. The third-order valence-electron chi connectivity index (χ3n) is 2.69. The molecular formula is C12H12N4. The van der Waals surface area contributed by atoms with Gasteiger partial charge in [0, 0.05) is 5.70 Å². The summed E-state index contributed by atoms with van der Waals surface area (Å²) >= 11 is 0. The van der Waals surface area contributed by atoms with Gasteiger partial charge in [0.2, 0.25) is 5.95 Å². The minimum Gasteiger partial charge on any atom is -0.329 e. The van der Waals surface area contributed by atoms with Crippen LogP contribution < -0.4 is 5.32 Å². The lowest BCUT2D eigenvalue weighted by Crippen LogP contribution is -2.19. The van der Waals surface area contributed by atoms with Crippen LogP contribution in [-0.4, -0.2) is 14.8 Å². The van der Waals surface area contributed by atoms with Gasteiger partial charge < -0.3 is 5.32 Å². The van der Waals surface area contributed by atoms with E-state index in [-0.39, 0.29) is 6.04 Å². The summed E-state index contributed by atoms with van der Waals surface area (Å²) in [4.78, 5) is 4.18. The van der Waals surface area contributed by atoms with Crippen LogP contribution in [0.15, 0.2) is 48.4 Å². The van der Waals surface area contributed by atoms with E-state index < -0.39 is 0 Å². The van der Waals surface area contributed by atoms with Crippen molar-refractivity contribution in [2.45, 2.75) is 13.0 Å². The van der Waals surface area contributed by atoms with Crippen molar-refractivity contribution in [3.05, 3.63) is 54.0 Å². The Morgan fingerprint density at radius 2 is 2.06 bits per heavy atom. The number of aromatic nitrogens is 3. The predicted octanol–water partition coefficient (Wildman–Crippen LogP) is 2.20. The summed E-state index contributed by atoms with van der Waals surface area (Å²) in [7, 11) is 0. The molecule has 1 aliphatic rings. The van der Waals surface area contributed by atoms with Crippen LogP contribution in [0.5, 0.6) is 0 Å². The minimum absolute atomic E-state index is 0.139. The Labute approximate surface area is 93.6 Å². The second-order valence-corrected chi connectivity index (χ2v) is 3.86. The third kappa shape index (κ3) is 1.39. The van der Waals surface area contributed by atoms with Gasteiger partial charge in [-0.2, -0.15) is 10.1 Å². The van der Waals surface area contributed by atoms with E-state index in [2.05, 4.69) is 33.6 Å². The SMILES string of the molecule is CC1=C[C@@H](c2ccccc2)n2ncnc2N1. The molecule has 2 heterocycles. The highest BCUT2D eigenvalue weighted by atomic mass is 15.4.